The van der Waals surface area contributed by atoms with Gasteiger partial charge in [-0.3, -0.25) is 10.1 Å². The average Bonchev–Trinajstić information content (AvgIpc) is 2.15. The van der Waals surface area contributed by atoms with Crippen molar-refractivity contribution in [1.82, 2.24) is 0 Å². The molecule has 0 N–H and O–H groups in total. The molecule has 88 valence electrons. The first-order valence-corrected chi connectivity index (χ1v) is 5.19. The van der Waals surface area contributed by atoms with Crippen molar-refractivity contribution in [2.75, 3.05) is 0 Å². The highest BCUT2D eigenvalue weighted by atomic mass is 35.5. The maximum Gasteiger partial charge on any atom is 0.476 e. The molecule has 16 heavy (non-hydrogen) atoms. The fraction of sp³-hybridized carbons (Fsp3) is 0.143. The number of rotatable bonds is 2. The minimum atomic E-state index is -5.04. The van der Waals surface area contributed by atoms with E-state index >= 15 is 0 Å². The lowest BCUT2D eigenvalue weighted by Crippen LogP contribution is -2.17. The zero-order valence-corrected chi connectivity index (χ0v) is 8.90. The van der Waals surface area contributed by atoms with Crippen molar-refractivity contribution < 1.29 is 22.3 Å². The molecule has 9 heteroatoms. The quantitative estimate of drug-likeness (QED) is 0.615. The van der Waals surface area contributed by atoms with Gasteiger partial charge in [0, 0.05) is 11.1 Å². The topological polar surface area (TPSA) is 60.2 Å². The normalized spacial score (nSPS) is 13.5. The van der Waals surface area contributed by atoms with Gasteiger partial charge in [0.1, 0.15) is 4.90 Å². The average molecular weight is 274 g/mol. The van der Waals surface area contributed by atoms with Gasteiger partial charge in [-0.25, -0.2) is 4.21 Å². The molecular weight excluding hydrogens is 271 g/mol. The van der Waals surface area contributed by atoms with E-state index < -0.39 is 31.8 Å². The molecule has 0 saturated heterocycles. The van der Waals surface area contributed by atoms with Crippen LogP contribution in [0.4, 0.5) is 18.9 Å². The lowest BCUT2D eigenvalue weighted by Gasteiger charge is -2.06. The summed E-state index contributed by atoms with van der Waals surface area (Å²) in [4.78, 5) is 8.47. The van der Waals surface area contributed by atoms with Crippen molar-refractivity contribution in [3.05, 3.63) is 33.3 Å². The van der Waals surface area contributed by atoms with E-state index in [1.54, 1.807) is 0 Å². The summed E-state index contributed by atoms with van der Waals surface area (Å²) in [5, 5.41) is 10.3. The minimum absolute atomic E-state index is 0.102. The first-order chi connectivity index (χ1) is 7.23. The Morgan fingerprint density at radius 3 is 2.38 bits per heavy atom. The van der Waals surface area contributed by atoms with E-state index in [0.29, 0.717) is 0 Å². The van der Waals surface area contributed by atoms with Crippen molar-refractivity contribution in [2.24, 2.45) is 0 Å². The Morgan fingerprint density at radius 1 is 1.38 bits per heavy atom. The Hall–Kier alpha value is -1.15. The summed E-state index contributed by atoms with van der Waals surface area (Å²) in [6.07, 6.45) is 0. The molecule has 0 amide bonds. The fourth-order valence-corrected chi connectivity index (χ4v) is 1.85. The second kappa shape index (κ2) is 4.38. The van der Waals surface area contributed by atoms with Crippen molar-refractivity contribution >= 4 is 28.1 Å². The minimum Gasteiger partial charge on any atom is -0.258 e. The van der Waals surface area contributed by atoms with E-state index in [1.807, 2.05) is 0 Å². The Kier molecular flexibility index (Phi) is 3.54. The Balaban J connectivity index is 3.34. The third kappa shape index (κ3) is 2.70. The molecule has 0 unspecified atom stereocenters. The number of nitro benzene ring substituents is 1. The van der Waals surface area contributed by atoms with E-state index in [2.05, 4.69) is 0 Å². The fourth-order valence-electron chi connectivity index (χ4n) is 0.915. The summed E-state index contributed by atoms with van der Waals surface area (Å²) in [5.41, 5.74) is -5.96. The van der Waals surface area contributed by atoms with Crippen LogP contribution in [-0.4, -0.2) is 14.6 Å². The van der Waals surface area contributed by atoms with Crippen LogP contribution in [0.3, 0.4) is 0 Å². The maximum absolute atomic E-state index is 12.1. The molecule has 0 radical (unpaired) electrons. The van der Waals surface area contributed by atoms with E-state index in [4.69, 9.17) is 11.6 Å². The molecule has 0 spiro atoms. The van der Waals surface area contributed by atoms with Gasteiger partial charge in [0.25, 0.3) is 5.69 Å². The summed E-state index contributed by atoms with van der Waals surface area (Å²) < 4.78 is 47.3. The molecule has 1 rings (SSSR count). The summed E-state index contributed by atoms with van der Waals surface area (Å²) in [6.45, 7) is 0. The Labute approximate surface area is 94.6 Å². The van der Waals surface area contributed by atoms with E-state index in [1.165, 1.54) is 0 Å². The number of benzene rings is 1. The van der Waals surface area contributed by atoms with Crippen LogP contribution in [0.15, 0.2) is 23.1 Å². The van der Waals surface area contributed by atoms with Gasteiger partial charge in [0.15, 0.2) is 10.8 Å². The Morgan fingerprint density at radius 2 is 1.94 bits per heavy atom. The highest BCUT2D eigenvalue weighted by Crippen LogP contribution is 2.33. The molecule has 0 aliphatic rings. The van der Waals surface area contributed by atoms with Crippen molar-refractivity contribution in [1.29, 1.82) is 0 Å². The SMILES string of the molecule is O=[N+]([O-])c1cc(Cl)ccc1[S@](=O)C(F)(F)F. The predicted octanol–water partition coefficient (Wildman–Crippen LogP) is 2.88. The predicted molar refractivity (Wildman–Crippen MR) is 50.6 cm³/mol. The smallest absolute Gasteiger partial charge is 0.258 e. The van der Waals surface area contributed by atoms with Gasteiger partial charge in [-0.15, -0.1) is 0 Å². The van der Waals surface area contributed by atoms with Crippen LogP contribution in [0.25, 0.3) is 0 Å². The molecule has 0 saturated carbocycles. The van der Waals surface area contributed by atoms with Gasteiger partial charge in [-0.1, -0.05) is 11.6 Å². The summed E-state index contributed by atoms with van der Waals surface area (Å²) in [7, 11) is -3.44. The summed E-state index contributed by atoms with van der Waals surface area (Å²) >= 11 is 5.40. The monoisotopic (exact) mass is 273 g/mol. The van der Waals surface area contributed by atoms with Gasteiger partial charge >= 0.3 is 5.51 Å². The number of halogens is 4. The van der Waals surface area contributed by atoms with Crippen LogP contribution >= 0.6 is 11.6 Å². The van der Waals surface area contributed by atoms with E-state index in [-0.39, 0.29) is 5.02 Å². The molecule has 0 heterocycles. The van der Waals surface area contributed by atoms with Crippen LogP contribution in [0.1, 0.15) is 0 Å². The standard InChI is InChI=1S/C7H3ClF3NO3S/c8-4-1-2-6(5(3-4)12(13)14)16(15)7(9,10)11/h1-3H/t16-/m0/s1. The number of alkyl halides is 3. The molecule has 1 aromatic rings. The first-order valence-electron chi connectivity index (χ1n) is 3.66. The second-order valence-electron chi connectivity index (χ2n) is 2.58. The number of nitro groups is 1. The highest BCUT2D eigenvalue weighted by Gasteiger charge is 2.41. The maximum atomic E-state index is 12.1. The zero-order valence-electron chi connectivity index (χ0n) is 7.32. The Bertz CT molecular complexity index is 463. The highest BCUT2D eigenvalue weighted by molar-refractivity contribution is 7.86. The van der Waals surface area contributed by atoms with Gasteiger partial charge < -0.3 is 0 Å². The molecule has 0 aliphatic heterocycles. The van der Waals surface area contributed by atoms with Gasteiger partial charge in [-0.2, -0.15) is 13.2 Å². The van der Waals surface area contributed by atoms with Gasteiger partial charge in [0.2, 0.25) is 0 Å². The van der Waals surface area contributed by atoms with Gasteiger partial charge in [-0.05, 0) is 12.1 Å². The molecule has 1 atom stereocenters. The van der Waals surface area contributed by atoms with Crippen LogP contribution in [0, 0.1) is 10.1 Å². The third-order valence-electron chi connectivity index (χ3n) is 1.53. The van der Waals surface area contributed by atoms with E-state index in [0.717, 1.165) is 18.2 Å². The molecule has 4 nitrogen and oxygen atoms in total. The van der Waals surface area contributed by atoms with Crippen LogP contribution < -0.4 is 0 Å². The second-order valence-corrected chi connectivity index (χ2v) is 4.46. The molecule has 0 fully saturated rings. The van der Waals surface area contributed by atoms with Crippen molar-refractivity contribution in [2.45, 2.75) is 10.4 Å². The van der Waals surface area contributed by atoms with Crippen LogP contribution in [0.5, 0.6) is 0 Å². The molecule has 0 bridgehead atoms. The van der Waals surface area contributed by atoms with Crippen LogP contribution in [-0.2, 0) is 10.8 Å². The third-order valence-corrected chi connectivity index (χ3v) is 2.93. The largest absolute Gasteiger partial charge is 0.476 e. The molecular formula is C7H3ClF3NO3S. The molecule has 1 aromatic carbocycles. The number of nitrogens with zero attached hydrogens (tertiary/aromatic N) is 1. The van der Waals surface area contributed by atoms with Crippen LogP contribution in [0.2, 0.25) is 5.02 Å². The van der Waals surface area contributed by atoms with E-state index in [9.17, 15) is 27.5 Å². The molecule has 0 aliphatic carbocycles. The molecule has 0 aromatic heterocycles. The van der Waals surface area contributed by atoms with Gasteiger partial charge in [0.05, 0.1) is 4.92 Å². The lowest BCUT2D eigenvalue weighted by atomic mass is 10.3. The summed E-state index contributed by atoms with van der Waals surface area (Å²) in [6, 6.07) is 2.46. The van der Waals surface area contributed by atoms with Crippen molar-refractivity contribution in [3.63, 3.8) is 0 Å². The van der Waals surface area contributed by atoms with Crippen molar-refractivity contribution in [3.8, 4) is 0 Å². The lowest BCUT2D eigenvalue weighted by molar-refractivity contribution is -0.387. The first kappa shape index (κ1) is 12.9. The summed E-state index contributed by atoms with van der Waals surface area (Å²) in [5.74, 6) is 0. The number of hydrogen-bond donors (Lipinski definition) is 0. The zero-order chi connectivity index (χ0) is 12.5. The number of hydrogen-bond acceptors (Lipinski definition) is 3.